The number of amides is 2. The standard InChI is InChI=1S/C15H21N5O8/c16-8(4-12(23)24)13(25)20-10(3-7-5-17-6-18-7)14(26)19-9(15(27)28)1-2-11(21)22/h5-6,8-10H,1-4,16H2,(H,17,18)(H,19,26)(H,20,25)(H,21,22)(H,23,24)(H,27,28). The molecule has 13 nitrogen and oxygen atoms in total. The second kappa shape index (κ2) is 10.6. The Morgan fingerprint density at radius 2 is 1.68 bits per heavy atom. The van der Waals surface area contributed by atoms with E-state index < -0.39 is 60.7 Å². The normalized spacial score (nSPS) is 13.8. The summed E-state index contributed by atoms with van der Waals surface area (Å²) < 4.78 is 0. The number of H-pyrrole nitrogens is 1. The number of carbonyl (C=O) groups excluding carboxylic acids is 2. The van der Waals surface area contributed by atoms with Crippen LogP contribution in [0.5, 0.6) is 0 Å². The molecule has 0 radical (unpaired) electrons. The summed E-state index contributed by atoms with van der Waals surface area (Å²) in [4.78, 5) is 63.6. The number of aliphatic carboxylic acids is 3. The molecule has 28 heavy (non-hydrogen) atoms. The number of nitrogens with two attached hydrogens (primary N) is 1. The van der Waals surface area contributed by atoms with Crippen LogP contribution >= 0.6 is 0 Å². The summed E-state index contributed by atoms with van der Waals surface area (Å²) in [6.45, 7) is 0. The lowest BCUT2D eigenvalue weighted by atomic mass is 10.1. The van der Waals surface area contributed by atoms with Gasteiger partial charge in [0, 0.05) is 24.7 Å². The van der Waals surface area contributed by atoms with Gasteiger partial charge in [-0.3, -0.25) is 19.2 Å². The molecule has 154 valence electrons. The maximum absolute atomic E-state index is 12.5. The van der Waals surface area contributed by atoms with Crippen LogP contribution in [-0.2, 0) is 30.4 Å². The van der Waals surface area contributed by atoms with Crippen molar-refractivity contribution in [2.24, 2.45) is 5.73 Å². The van der Waals surface area contributed by atoms with Crippen LogP contribution in [0.1, 0.15) is 25.0 Å². The highest BCUT2D eigenvalue weighted by molar-refractivity contribution is 5.93. The lowest BCUT2D eigenvalue weighted by molar-refractivity contribution is -0.143. The van der Waals surface area contributed by atoms with Crippen LogP contribution in [0.25, 0.3) is 0 Å². The smallest absolute Gasteiger partial charge is 0.326 e. The van der Waals surface area contributed by atoms with Crippen LogP contribution in [0, 0.1) is 0 Å². The van der Waals surface area contributed by atoms with Gasteiger partial charge in [-0.25, -0.2) is 9.78 Å². The number of carboxylic acids is 3. The maximum atomic E-state index is 12.5. The summed E-state index contributed by atoms with van der Waals surface area (Å²) in [5.74, 6) is -5.80. The number of hydrogen-bond acceptors (Lipinski definition) is 7. The van der Waals surface area contributed by atoms with E-state index in [0.29, 0.717) is 5.69 Å². The minimum Gasteiger partial charge on any atom is -0.481 e. The van der Waals surface area contributed by atoms with Crippen molar-refractivity contribution in [1.29, 1.82) is 0 Å². The molecule has 0 aliphatic heterocycles. The molecule has 13 heteroatoms. The molecule has 0 fully saturated rings. The van der Waals surface area contributed by atoms with Crippen LogP contribution in [-0.4, -0.2) is 73.1 Å². The van der Waals surface area contributed by atoms with Gasteiger partial charge in [-0.15, -0.1) is 0 Å². The topological polar surface area (TPSA) is 225 Å². The zero-order valence-corrected chi connectivity index (χ0v) is 14.6. The number of hydrogen-bond donors (Lipinski definition) is 7. The predicted octanol–water partition coefficient (Wildman–Crippen LogP) is -2.33. The minimum atomic E-state index is -1.49. The second-order valence-corrected chi connectivity index (χ2v) is 5.88. The quantitative estimate of drug-likeness (QED) is 0.198. The largest absolute Gasteiger partial charge is 0.481 e. The Morgan fingerprint density at radius 3 is 2.18 bits per heavy atom. The second-order valence-electron chi connectivity index (χ2n) is 5.88. The van der Waals surface area contributed by atoms with Gasteiger partial charge in [0.1, 0.15) is 12.1 Å². The van der Waals surface area contributed by atoms with Crippen molar-refractivity contribution < 1.29 is 39.3 Å². The number of imidazole rings is 1. The lowest BCUT2D eigenvalue weighted by Gasteiger charge is -2.22. The van der Waals surface area contributed by atoms with Gasteiger partial charge in [0.15, 0.2) is 0 Å². The molecule has 1 rings (SSSR count). The molecule has 1 heterocycles. The number of nitrogens with zero attached hydrogens (tertiary/aromatic N) is 1. The first-order valence-corrected chi connectivity index (χ1v) is 8.10. The van der Waals surface area contributed by atoms with Crippen LogP contribution in [0.2, 0.25) is 0 Å². The van der Waals surface area contributed by atoms with Gasteiger partial charge in [-0.2, -0.15) is 0 Å². The fourth-order valence-corrected chi connectivity index (χ4v) is 2.18. The average Bonchev–Trinajstić information content (AvgIpc) is 3.09. The first-order valence-electron chi connectivity index (χ1n) is 8.10. The van der Waals surface area contributed by atoms with Crippen LogP contribution in [0.3, 0.4) is 0 Å². The van der Waals surface area contributed by atoms with Gasteiger partial charge in [0.25, 0.3) is 0 Å². The Labute approximate surface area is 158 Å². The number of carboxylic acid groups (broad SMARTS) is 3. The zero-order valence-electron chi connectivity index (χ0n) is 14.6. The van der Waals surface area contributed by atoms with E-state index in [2.05, 4.69) is 20.6 Å². The van der Waals surface area contributed by atoms with Crippen molar-refractivity contribution in [3.8, 4) is 0 Å². The molecule has 8 N–H and O–H groups in total. The molecule has 1 aromatic heterocycles. The molecular weight excluding hydrogens is 378 g/mol. The third-order valence-electron chi connectivity index (χ3n) is 3.60. The highest BCUT2D eigenvalue weighted by Crippen LogP contribution is 2.04. The molecule has 0 saturated carbocycles. The van der Waals surface area contributed by atoms with Gasteiger partial charge in [-0.05, 0) is 6.42 Å². The third kappa shape index (κ3) is 7.82. The van der Waals surface area contributed by atoms with E-state index in [4.69, 9.17) is 21.1 Å². The highest BCUT2D eigenvalue weighted by Gasteiger charge is 2.29. The third-order valence-corrected chi connectivity index (χ3v) is 3.60. The van der Waals surface area contributed by atoms with Crippen molar-refractivity contribution in [1.82, 2.24) is 20.6 Å². The van der Waals surface area contributed by atoms with E-state index in [9.17, 15) is 24.0 Å². The maximum Gasteiger partial charge on any atom is 0.326 e. The molecule has 0 aliphatic rings. The molecule has 3 atom stereocenters. The van der Waals surface area contributed by atoms with E-state index in [1.54, 1.807) is 0 Å². The van der Waals surface area contributed by atoms with Crippen LogP contribution in [0.15, 0.2) is 12.5 Å². The molecule has 1 aromatic rings. The number of nitrogens with one attached hydrogen (secondary N) is 3. The number of aromatic amines is 1. The van der Waals surface area contributed by atoms with Crippen molar-refractivity contribution in [2.45, 2.75) is 43.8 Å². The zero-order chi connectivity index (χ0) is 21.3. The first kappa shape index (κ1) is 22.6. The number of aromatic nitrogens is 2. The first-order chi connectivity index (χ1) is 13.1. The summed E-state index contributed by atoms with van der Waals surface area (Å²) >= 11 is 0. The van der Waals surface area contributed by atoms with Gasteiger partial charge >= 0.3 is 17.9 Å². The summed E-state index contributed by atoms with van der Waals surface area (Å²) in [5.41, 5.74) is 5.90. The summed E-state index contributed by atoms with van der Waals surface area (Å²) in [7, 11) is 0. The van der Waals surface area contributed by atoms with Crippen molar-refractivity contribution in [3.63, 3.8) is 0 Å². The molecule has 2 amide bonds. The van der Waals surface area contributed by atoms with Gasteiger partial charge < -0.3 is 36.7 Å². The van der Waals surface area contributed by atoms with E-state index in [-0.39, 0.29) is 12.8 Å². The Balaban J connectivity index is 2.88. The highest BCUT2D eigenvalue weighted by atomic mass is 16.4. The molecule has 0 bridgehead atoms. The SMILES string of the molecule is NC(CC(=O)O)C(=O)NC(Cc1cnc[nH]1)C(=O)NC(CCC(=O)O)C(=O)O. The van der Waals surface area contributed by atoms with E-state index in [0.717, 1.165) is 0 Å². The van der Waals surface area contributed by atoms with E-state index >= 15 is 0 Å². The lowest BCUT2D eigenvalue weighted by Crippen LogP contribution is -2.55. The number of rotatable bonds is 12. The predicted molar refractivity (Wildman–Crippen MR) is 90.9 cm³/mol. The van der Waals surface area contributed by atoms with Gasteiger partial charge in [0.05, 0.1) is 18.8 Å². The Bertz CT molecular complexity index is 720. The van der Waals surface area contributed by atoms with Crippen LogP contribution < -0.4 is 16.4 Å². The van der Waals surface area contributed by atoms with Crippen molar-refractivity contribution >= 4 is 29.7 Å². The summed E-state index contributed by atoms with van der Waals surface area (Å²) in [6, 6.07) is -4.20. The Morgan fingerprint density at radius 1 is 1.04 bits per heavy atom. The average molecular weight is 399 g/mol. The molecule has 0 aliphatic carbocycles. The number of carbonyl (C=O) groups is 5. The van der Waals surface area contributed by atoms with Crippen molar-refractivity contribution in [2.75, 3.05) is 0 Å². The van der Waals surface area contributed by atoms with E-state index in [1.165, 1.54) is 12.5 Å². The van der Waals surface area contributed by atoms with Gasteiger partial charge in [0.2, 0.25) is 11.8 Å². The molecule has 0 spiro atoms. The van der Waals surface area contributed by atoms with E-state index in [1.807, 2.05) is 0 Å². The summed E-state index contributed by atoms with van der Waals surface area (Å²) in [6.07, 6.45) is 1.08. The fraction of sp³-hybridized carbons (Fsp3) is 0.467. The fourth-order valence-electron chi connectivity index (χ4n) is 2.18. The molecule has 0 saturated heterocycles. The molecule has 0 aromatic carbocycles. The van der Waals surface area contributed by atoms with Gasteiger partial charge in [-0.1, -0.05) is 0 Å². The Kier molecular flexibility index (Phi) is 8.55. The minimum absolute atomic E-state index is 0.108. The summed E-state index contributed by atoms with van der Waals surface area (Å²) in [5, 5.41) is 31.0. The van der Waals surface area contributed by atoms with Crippen molar-refractivity contribution in [3.05, 3.63) is 18.2 Å². The van der Waals surface area contributed by atoms with Crippen LogP contribution in [0.4, 0.5) is 0 Å². The molecular formula is C15H21N5O8. The molecule has 3 unspecified atom stereocenters. The Hall–Kier alpha value is -3.48. The monoisotopic (exact) mass is 399 g/mol.